The van der Waals surface area contributed by atoms with Gasteiger partial charge in [0.05, 0.1) is 11.3 Å². The van der Waals surface area contributed by atoms with Gasteiger partial charge < -0.3 is 16.4 Å². The molecule has 0 aliphatic rings. The van der Waals surface area contributed by atoms with Gasteiger partial charge in [-0.1, -0.05) is 18.2 Å². The van der Waals surface area contributed by atoms with Crippen molar-refractivity contribution >= 4 is 28.8 Å². The standard InChI is InChI=1S/C17H15F3N6/c1-10-6-7-13(22-8-10)26-16-14(21)15(23-9-24-16)25-12-5-3-2-4-11(12)17(18,19)20/h2-9H,21H2,1H3,(H2,22,23,24,25,26). The number of nitrogen functional groups attached to an aromatic ring is 1. The van der Waals surface area contributed by atoms with Crippen LogP contribution in [0.5, 0.6) is 0 Å². The van der Waals surface area contributed by atoms with E-state index < -0.39 is 11.7 Å². The Hall–Kier alpha value is -3.36. The number of nitrogens with one attached hydrogen (secondary N) is 2. The molecule has 0 fully saturated rings. The molecule has 3 aromatic rings. The zero-order chi connectivity index (χ0) is 18.7. The molecule has 0 radical (unpaired) electrons. The zero-order valence-electron chi connectivity index (χ0n) is 13.7. The van der Waals surface area contributed by atoms with Gasteiger partial charge in [0.1, 0.15) is 17.8 Å². The van der Waals surface area contributed by atoms with Crippen molar-refractivity contribution in [1.29, 1.82) is 0 Å². The van der Waals surface area contributed by atoms with Gasteiger partial charge in [-0.15, -0.1) is 0 Å². The summed E-state index contributed by atoms with van der Waals surface area (Å²) in [6, 6.07) is 8.68. The molecule has 0 saturated carbocycles. The molecule has 3 rings (SSSR count). The third-order valence-corrected chi connectivity index (χ3v) is 3.53. The Kier molecular flexibility index (Phi) is 4.61. The second-order valence-electron chi connectivity index (χ2n) is 5.50. The topological polar surface area (TPSA) is 88.8 Å². The van der Waals surface area contributed by atoms with Crippen molar-refractivity contribution in [2.45, 2.75) is 13.1 Å². The highest BCUT2D eigenvalue weighted by Gasteiger charge is 2.33. The van der Waals surface area contributed by atoms with Crippen LogP contribution >= 0.6 is 0 Å². The number of hydrogen-bond donors (Lipinski definition) is 3. The predicted octanol–water partition coefficient (Wildman–Crippen LogP) is 4.27. The van der Waals surface area contributed by atoms with Crippen LogP contribution < -0.4 is 16.4 Å². The summed E-state index contributed by atoms with van der Waals surface area (Å²) in [5, 5.41) is 5.55. The lowest BCUT2D eigenvalue weighted by molar-refractivity contribution is -0.136. The van der Waals surface area contributed by atoms with E-state index in [2.05, 4.69) is 25.6 Å². The summed E-state index contributed by atoms with van der Waals surface area (Å²) in [6.07, 6.45) is -1.64. The average Bonchev–Trinajstić information content (AvgIpc) is 2.60. The summed E-state index contributed by atoms with van der Waals surface area (Å²) in [5.41, 5.74) is 6.11. The molecule has 0 aliphatic carbocycles. The van der Waals surface area contributed by atoms with Crippen LogP contribution in [0.3, 0.4) is 0 Å². The number of pyridine rings is 1. The van der Waals surface area contributed by atoms with Crippen molar-refractivity contribution in [3.8, 4) is 0 Å². The van der Waals surface area contributed by atoms with Crippen molar-refractivity contribution in [2.75, 3.05) is 16.4 Å². The molecule has 0 saturated heterocycles. The monoisotopic (exact) mass is 360 g/mol. The number of para-hydroxylation sites is 1. The maximum absolute atomic E-state index is 13.1. The molecular formula is C17H15F3N6. The number of aryl methyl sites for hydroxylation is 1. The van der Waals surface area contributed by atoms with Crippen molar-refractivity contribution in [1.82, 2.24) is 15.0 Å². The van der Waals surface area contributed by atoms with E-state index in [-0.39, 0.29) is 23.0 Å². The highest BCUT2D eigenvalue weighted by atomic mass is 19.4. The quantitative estimate of drug-likeness (QED) is 0.644. The van der Waals surface area contributed by atoms with E-state index in [4.69, 9.17) is 5.73 Å². The van der Waals surface area contributed by atoms with Gasteiger partial charge in [-0.25, -0.2) is 15.0 Å². The Morgan fingerprint density at radius 1 is 0.923 bits per heavy atom. The van der Waals surface area contributed by atoms with Gasteiger partial charge in [0, 0.05) is 6.20 Å². The van der Waals surface area contributed by atoms with Gasteiger partial charge in [0.25, 0.3) is 0 Å². The third kappa shape index (κ3) is 3.82. The van der Waals surface area contributed by atoms with E-state index in [0.717, 1.165) is 11.6 Å². The minimum absolute atomic E-state index is 0.0614. The number of rotatable bonds is 4. The van der Waals surface area contributed by atoms with Crippen LogP contribution in [0.4, 0.5) is 42.0 Å². The summed E-state index contributed by atoms with van der Waals surface area (Å²) in [6.45, 7) is 1.90. The Balaban J connectivity index is 1.90. The van der Waals surface area contributed by atoms with Crippen molar-refractivity contribution in [3.05, 3.63) is 60.0 Å². The molecule has 1 aromatic carbocycles. The lowest BCUT2D eigenvalue weighted by Crippen LogP contribution is -2.11. The Morgan fingerprint density at radius 3 is 2.27 bits per heavy atom. The first kappa shape index (κ1) is 17.5. The predicted molar refractivity (Wildman–Crippen MR) is 93.4 cm³/mol. The summed E-state index contributed by atoms with van der Waals surface area (Å²) in [5.74, 6) is 0.803. The molecule has 0 atom stereocenters. The fraction of sp³-hybridized carbons (Fsp3) is 0.118. The molecule has 0 bridgehead atoms. The second-order valence-corrected chi connectivity index (χ2v) is 5.50. The molecule has 26 heavy (non-hydrogen) atoms. The largest absolute Gasteiger partial charge is 0.418 e. The van der Waals surface area contributed by atoms with E-state index in [1.54, 1.807) is 12.3 Å². The normalized spacial score (nSPS) is 11.2. The van der Waals surface area contributed by atoms with E-state index in [1.807, 2.05) is 13.0 Å². The summed E-state index contributed by atoms with van der Waals surface area (Å²) < 4.78 is 39.4. The number of anilines is 5. The molecule has 0 amide bonds. The lowest BCUT2D eigenvalue weighted by atomic mass is 10.1. The first-order valence-electron chi connectivity index (χ1n) is 7.58. The number of alkyl halides is 3. The number of nitrogens with two attached hydrogens (primary N) is 1. The summed E-state index contributed by atoms with van der Waals surface area (Å²) in [4.78, 5) is 12.1. The number of halogens is 3. The fourth-order valence-corrected chi connectivity index (χ4v) is 2.22. The first-order chi connectivity index (χ1) is 12.3. The van der Waals surface area contributed by atoms with Gasteiger partial charge >= 0.3 is 6.18 Å². The van der Waals surface area contributed by atoms with Crippen LogP contribution in [0.2, 0.25) is 0 Å². The molecule has 0 aliphatic heterocycles. The third-order valence-electron chi connectivity index (χ3n) is 3.53. The van der Waals surface area contributed by atoms with Crippen molar-refractivity contribution in [2.24, 2.45) is 0 Å². The van der Waals surface area contributed by atoms with Gasteiger partial charge in [-0.3, -0.25) is 0 Å². The Labute approximate surface area is 147 Å². The van der Waals surface area contributed by atoms with Gasteiger partial charge in [0.15, 0.2) is 11.6 Å². The van der Waals surface area contributed by atoms with Crippen LogP contribution in [-0.4, -0.2) is 15.0 Å². The van der Waals surface area contributed by atoms with Crippen LogP contribution in [0.25, 0.3) is 0 Å². The Morgan fingerprint density at radius 2 is 1.62 bits per heavy atom. The van der Waals surface area contributed by atoms with Crippen LogP contribution in [0, 0.1) is 6.92 Å². The number of hydrogen-bond acceptors (Lipinski definition) is 6. The van der Waals surface area contributed by atoms with Crippen molar-refractivity contribution < 1.29 is 13.2 Å². The van der Waals surface area contributed by atoms with E-state index in [1.165, 1.54) is 24.5 Å². The van der Waals surface area contributed by atoms with E-state index in [9.17, 15) is 13.2 Å². The smallest absolute Gasteiger partial charge is 0.393 e. The molecule has 0 unspecified atom stereocenters. The van der Waals surface area contributed by atoms with Crippen molar-refractivity contribution in [3.63, 3.8) is 0 Å². The minimum atomic E-state index is -4.50. The SMILES string of the molecule is Cc1ccc(Nc2ncnc(Nc3ccccc3C(F)(F)F)c2N)nc1. The molecule has 4 N–H and O–H groups in total. The number of benzene rings is 1. The van der Waals surface area contributed by atoms with Gasteiger partial charge in [-0.2, -0.15) is 13.2 Å². The molecule has 2 aromatic heterocycles. The van der Waals surface area contributed by atoms with Gasteiger partial charge in [0.2, 0.25) is 0 Å². The molecular weight excluding hydrogens is 345 g/mol. The number of aromatic nitrogens is 3. The molecule has 134 valence electrons. The summed E-state index contributed by atoms with van der Waals surface area (Å²) >= 11 is 0. The highest BCUT2D eigenvalue weighted by Crippen LogP contribution is 2.37. The lowest BCUT2D eigenvalue weighted by Gasteiger charge is -2.16. The van der Waals surface area contributed by atoms with Gasteiger partial charge in [-0.05, 0) is 30.7 Å². The fourth-order valence-electron chi connectivity index (χ4n) is 2.22. The molecule has 0 spiro atoms. The highest BCUT2D eigenvalue weighted by molar-refractivity contribution is 5.80. The molecule has 2 heterocycles. The maximum atomic E-state index is 13.1. The molecule has 6 nitrogen and oxygen atoms in total. The Bertz CT molecular complexity index is 909. The van der Waals surface area contributed by atoms with E-state index >= 15 is 0 Å². The number of nitrogens with zero attached hydrogens (tertiary/aromatic N) is 3. The minimum Gasteiger partial charge on any atom is -0.393 e. The van der Waals surface area contributed by atoms with Crippen LogP contribution in [-0.2, 0) is 6.18 Å². The summed E-state index contributed by atoms with van der Waals surface area (Å²) in [7, 11) is 0. The average molecular weight is 360 g/mol. The second kappa shape index (κ2) is 6.87. The van der Waals surface area contributed by atoms with Crippen LogP contribution in [0.15, 0.2) is 48.9 Å². The maximum Gasteiger partial charge on any atom is 0.418 e. The first-order valence-corrected chi connectivity index (χ1v) is 7.58. The molecule has 9 heteroatoms. The van der Waals surface area contributed by atoms with Crippen LogP contribution in [0.1, 0.15) is 11.1 Å². The zero-order valence-corrected chi connectivity index (χ0v) is 13.7. The van der Waals surface area contributed by atoms with E-state index in [0.29, 0.717) is 5.82 Å².